The van der Waals surface area contributed by atoms with Crippen molar-refractivity contribution in [2.24, 2.45) is 5.92 Å². The molecule has 5 nitrogen and oxygen atoms in total. The fourth-order valence-corrected chi connectivity index (χ4v) is 4.30. The van der Waals surface area contributed by atoms with E-state index in [1.807, 2.05) is 18.7 Å². The Hall–Kier alpha value is -2.29. The molecule has 1 aliphatic rings. The Kier molecular flexibility index (Phi) is 11.3. The maximum atomic E-state index is 14.4. The lowest BCUT2D eigenvalue weighted by Crippen LogP contribution is -2.43. The van der Waals surface area contributed by atoms with Crippen LogP contribution in [0.3, 0.4) is 0 Å². The quantitative estimate of drug-likeness (QED) is 0.277. The molecule has 35 heavy (non-hydrogen) atoms. The van der Waals surface area contributed by atoms with Gasteiger partial charge in [-0.2, -0.15) is 0 Å². The molecule has 2 aromatic rings. The zero-order valence-corrected chi connectivity index (χ0v) is 21.9. The molecule has 10 heteroatoms. The third-order valence-corrected chi connectivity index (χ3v) is 6.05. The van der Waals surface area contributed by atoms with Gasteiger partial charge < -0.3 is 10.2 Å². The Labute approximate surface area is 211 Å². The zero-order chi connectivity index (χ0) is 26.1. The van der Waals surface area contributed by atoms with Gasteiger partial charge in [0.15, 0.2) is 5.81 Å². The van der Waals surface area contributed by atoms with Crippen molar-refractivity contribution in [3.05, 3.63) is 51.7 Å². The van der Waals surface area contributed by atoms with Gasteiger partial charge in [-0.15, -0.1) is 0 Å². The van der Waals surface area contributed by atoms with E-state index in [2.05, 4.69) is 36.1 Å². The molecule has 1 aromatic carbocycles. The number of anilines is 1. The van der Waals surface area contributed by atoms with Gasteiger partial charge in [0.25, 0.3) is 13.1 Å². The minimum absolute atomic E-state index is 0.0244. The van der Waals surface area contributed by atoms with E-state index < -0.39 is 17.8 Å². The number of hydrogen-bond acceptors (Lipinski definition) is 4. The highest BCUT2D eigenvalue weighted by molar-refractivity contribution is 6.89. The number of aromatic nitrogens is 2. The van der Waals surface area contributed by atoms with Crippen molar-refractivity contribution in [2.75, 3.05) is 18.4 Å². The van der Waals surface area contributed by atoms with Crippen LogP contribution in [0.1, 0.15) is 76.3 Å². The minimum atomic E-state index is -2.89. The lowest BCUT2D eigenvalue weighted by Gasteiger charge is -2.25. The number of alkyl halides is 2. The Morgan fingerprint density at radius 3 is 2.54 bits per heavy atom. The van der Waals surface area contributed by atoms with Crippen molar-refractivity contribution >= 4 is 29.9 Å². The third-order valence-electron chi connectivity index (χ3n) is 5.88. The summed E-state index contributed by atoms with van der Waals surface area (Å²) in [6.45, 7) is 11.4. The number of nitrogens with zero attached hydrogens (tertiary/aromatic N) is 3. The fraction of sp³-hybridized carbons (Fsp3) is 0.560. The van der Waals surface area contributed by atoms with Crippen molar-refractivity contribution in [3.8, 4) is 0 Å². The summed E-state index contributed by atoms with van der Waals surface area (Å²) in [5.74, 6) is 0.0622. The van der Waals surface area contributed by atoms with Gasteiger partial charge in [0, 0.05) is 36.5 Å². The van der Waals surface area contributed by atoms with Crippen molar-refractivity contribution in [1.82, 2.24) is 14.9 Å². The summed E-state index contributed by atoms with van der Waals surface area (Å²) in [6, 6.07) is 3.91. The number of nitrogens with one attached hydrogen (secondary N) is 1. The summed E-state index contributed by atoms with van der Waals surface area (Å²) in [5.41, 5.74) is 0.925. The standard InChI is InChI=1S/C23H29BClF3N4O.C2H6/c1-4-9-32(10-8-14(2)3)22(33)24-11-17-18(12-24)30-23(25)31-21(17)29-13-15-6-5-7-16(19(15)26)20(27)28;1-2/h5-7,14,20H,4,8-13H2,1-3H3,(H,29,30,31);1-2H3. The maximum Gasteiger partial charge on any atom is 0.266 e. The summed E-state index contributed by atoms with van der Waals surface area (Å²) >= 11 is 6.10. The molecule has 0 fully saturated rings. The average molecular weight is 511 g/mol. The Morgan fingerprint density at radius 2 is 1.91 bits per heavy atom. The molecule has 1 aliphatic heterocycles. The second-order valence-electron chi connectivity index (χ2n) is 8.85. The Balaban J connectivity index is 0.00000210. The van der Waals surface area contributed by atoms with E-state index in [0.717, 1.165) is 24.5 Å². The van der Waals surface area contributed by atoms with Crippen LogP contribution in [-0.4, -0.2) is 40.5 Å². The predicted octanol–water partition coefficient (Wildman–Crippen LogP) is 6.98. The third kappa shape index (κ3) is 7.60. The van der Waals surface area contributed by atoms with Crippen LogP contribution in [0.5, 0.6) is 0 Å². The first-order chi connectivity index (χ1) is 16.7. The lowest BCUT2D eigenvalue weighted by atomic mass is 9.46. The number of amides is 1. The van der Waals surface area contributed by atoms with Crippen LogP contribution in [0.15, 0.2) is 18.2 Å². The molecule has 0 bridgehead atoms. The van der Waals surface area contributed by atoms with Gasteiger partial charge in [0.2, 0.25) is 5.28 Å². The highest BCUT2D eigenvalue weighted by Gasteiger charge is 2.37. The number of carbonyl (C=O) groups is 1. The molecule has 0 atom stereocenters. The number of carbonyl (C=O) groups excluding carboxylic acids is 1. The van der Waals surface area contributed by atoms with Gasteiger partial charge in [0.05, 0.1) is 5.56 Å². The molecule has 1 aromatic heterocycles. The van der Waals surface area contributed by atoms with Crippen molar-refractivity contribution in [1.29, 1.82) is 0 Å². The molecule has 0 radical (unpaired) electrons. The molecule has 0 unspecified atom stereocenters. The molecule has 0 saturated heterocycles. The molecule has 3 rings (SSSR count). The highest BCUT2D eigenvalue weighted by Crippen LogP contribution is 2.30. The topological polar surface area (TPSA) is 58.1 Å². The summed E-state index contributed by atoms with van der Waals surface area (Å²) in [4.78, 5) is 23.7. The predicted molar refractivity (Wildman–Crippen MR) is 137 cm³/mol. The number of hydrogen-bond donors (Lipinski definition) is 1. The first-order valence-corrected chi connectivity index (χ1v) is 12.7. The van der Waals surface area contributed by atoms with Gasteiger partial charge in [-0.25, -0.2) is 23.1 Å². The largest absolute Gasteiger partial charge is 0.366 e. The molecular weight excluding hydrogens is 476 g/mol. The minimum Gasteiger partial charge on any atom is -0.366 e. The highest BCUT2D eigenvalue weighted by atomic mass is 35.5. The zero-order valence-electron chi connectivity index (χ0n) is 21.2. The smallest absolute Gasteiger partial charge is 0.266 e. The Morgan fingerprint density at radius 1 is 1.20 bits per heavy atom. The molecular formula is C25H35BClF3N4O. The van der Waals surface area contributed by atoms with Crippen LogP contribution >= 0.6 is 11.6 Å². The number of fused-ring (bicyclic) bond motifs is 1. The second kappa shape index (κ2) is 13.7. The van der Waals surface area contributed by atoms with Crippen molar-refractivity contribution < 1.29 is 18.0 Å². The fourth-order valence-electron chi connectivity index (χ4n) is 4.11. The average Bonchev–Trinajstić information content (AvgIpc) is 3.25. The molecule has 1 amide bonds. The molecule has 0 spiro atoms. The Bertz CT molecular complexity index is 993. The van der Waals surface area contributed by atoms with Crippen LogP contribution in [0, 0.1) is 11.7 Å². The summed E-state index contributed by atoms with van der Waals surface area (Å²) in [5, 5.41) is 3.04. The van der Waals surface area contributed by atoms with Gasteiger partial charge in [0.1, 0.15) is 11.6 Å². The first-order valence-electron chi connectivity index (χ1n) is 12.3. The summed E-state index contributed by atoms with van der Waals surface area (Å²) in [6.07, 6.45) is -0.161. The summed E-state index contributed by atoms with van der Waals surface area (Å²) in [7, 11) is 0. The van der Waals surface area contributed by atoms with Gasteiger partial charge in [-0.1, -0.05) is 52.8 Å². The van der Waals surface area contributed by atoms with Crippen LogP contribution in [0.2, 0.25) is 5.28 Å². The van der Waals surface area contributed by atoms with E-state index in [0.29, 0.717) is 43.2 Å². The van der Waals surface area contributed by atoms with Crippen LogP contribution in [0.25, 0.3) is 0 Å². The lowest BCUT2D eigenvalue weighted by molar-refractivity contribution is 0.146. The summed E-state index contributed by atoms with van der Waals surface area (Å²) < 4.78 is 40.4. The molecule has 1 N–H and O–H groups in total. The van der Waals surface area contributed by atoms with E-state index in [-0.39, 0.29) is 29.9 Å². The monoisotopic (exact) mass is 510 g/mol. The maximum absolute atomic E-state index is 14.4. The molecule has 192 valence electrons. The van der Waals surface area contributed by atoms with Crippen LogP contribution in [-0.2, 0) is 19.2 Å². The first kappa shape index (κ1) is 28.9. The van der Waals surface area contributed by atoms with E-state index in [1.165, 1.54) is 12.1 Å². The second-order valence-corrected chi connectivity index (χ2v) is 9.19. The molecule has 2 heterocycles. The number of benzene rings is 1. The van der Waals surface area contributed by atoms with E-state index in [9.17, 15) is 18.0 Å². The van der Waals surface area contributed by atoms with E-state index in [4.69, 9.17) is 11.6 Å². The SMILES string of the molecule is CC.CCCN(CCC(C)C)C(=O)B1Cc2nc(Cl)nc(NCc3cccc(C(F)F)c3F)c2C1. The van der Waals surface area contributed by atoms with Crippen molar-refractivity contribution in [3.63, 3.8) is 0 Å². The van der Waals surface area contributed by atoms with Gasteiger partial charge in [-0.05, 0) is 43.0 Å². The molecule has 0 saturated carbocycles. The van der Waals surface area contributed by atoms with E-state index in [1.54, 1.807) is 0 Å². The van der Waals surface area contributed by atoms with Crippen LogP contribution in [0.4, 0.5) is 23.8 Å². The van der Waals surface area contributed by atoms with Gasteiger partial charge in [-0.3, -0.25) is 4.79 Å². The van der Waals surface area contributed by atoms with Crippen LogP contribution < -0.4 is 5.32 Å². The van der Waals surface area contributed by atoms with Gasteiger partial charge >= 0.3 is 0 Å². The normalized spacial score (nSPS) is 12.5. The number of halogens is 4. The van der Waals surface area contributed by atoms with E-state index >= 15 is 0 Å². The van der Waals surface area contributed by atoms with Crippen molar-refractivity contribution in [2.45, 2.75) is 73.1 Å². The number of rotatable bonds is 10. The molecule has 0 aliphatic carbocycles.